The molecule has 0 radical (unpaired) electrons. The number of fused-ring (bicyclic) bond motifs is 1. The van der Waals surface area contributed by atoms with E-state index in [1.54, 1.807) is 38.6 Å². The summed E-state index contributed by atoms with van der Waals surface area (Å²) >= 11 is 1.68. The molecule has 46 heavy (non-hydrogen) atoms. The lowest BCUT2D eigenvalue weighted by molar-refractivity contribution is -0.144. The van der Waals surface area contributed by atoms with Crippen molar-refractivity contribution in [3.8, 4) is 0 Å². The van der Waals surface area contributed by atoms with Crippen molar-refractivity contribution in [3.05, 3.63) is 85.5 Å². The summed E-state index contributed by atoms with van der Waals surface area (Å²) in [6.45, 7) is 17.2. The van der Waals surface area contributed by atoms with E-state index in [2.05, 4.69) is 38.8 Å². The van der Waals surface area contributed by atoms with Crippen molar-refractivity contribution < 1.29 is 19.5 Å². The Morgan fingerprint density at radius 1 is 1.00 bits per heavy atom. The van der Waals surface area contributed by atoms with Crippen molar-refractivity contribution in [2.45, 2.75) is 56.2 Å². The monoisotopic (exact) mass is 644 g/mol. The molecule has 246 valence electrons. The first-order valence-corrected chi connectivity index (χ1v) is 17.4. The molecule has 0 saturated carbocycles. The maximum Gasteiger partial charge on any atom is 0.251 e. The van der Waals surface area contributed by atoms with Gasteiger partial charge < -0.3 is 24.7 Å². The van der Waals surface area contributed by atoms with Crippen LogP contribution in [0, 0.1) is 17.8 Å². The summed E-state index contributed by atoms with van der Waals surface area (Å²) in [7, 11) is 0. The van der Waals surface area contributed by atoms with Gasteiger partial charge >= 0.3 is 0 Å². The first kappa shape index (κ1) is 33.8. The van der Waals surface area contributed by atoms with Gasteiger partial charge in [0.1, 0.15) is 6.04 Å². The Morgan fingerprint density at radius 2 is 1.65 bits per heavy atom. The van der Waals surface area contributed by atoms with E-state index in [0.717, 1.165) is 36.4 Å². The van der Waals surface area contributed by atoms with Gasteiger partial charge in [0.2, 0.25) is 11.8 Å². The van der Waals surface area contributed by atoms with Crippen LogP contribution in [0.25, 0.3) is 0 Å². The van der Waals surface area contributed by atoms with Gasteiger partial charge in [0.05, 0.1) is 16.6 Å². The lowest BCUT2D eigenvalue weighted by Crippen LogP contribution is -2.57. The zero-order chi connectivity index (χ0) is 33.0. The summed E-state index contributed by atoms with van der Waals surface area (Å²) in [6.07, 6.45) is 4.56. The van der Waals surface area contributed by atoms with Crippen LogP contribution in [0.1, 0.15) is 39.2 Å². The fourth-order valence-electron chi connectivity index (χ4n) is 8.00. The van der Waals surface area contributed by atoms with Crippen LogP contribution in [0.2, 0.25) is 0 Å². The third kappa shape index (κ3) is 5.88. The second kappa shape index (κ2) is 14.5. The van der Waals surface area contributed by atoms with Crippen molar-refractivity contribution in [1.29, 1.82) is 0 Å². The van der Waals surface area contributed by atoms with E-state index in [4.69, 9.17) is 0 Å². The lowest BCUT2D eigenvalue weighted by Gasteiger charge is -2.41. The van der Waals surface area contributed by atoms with Crippen LogP contribution in [0.4, 0.5) is 11.4 Å². The molecular weight excluding hydrogens is 596 g/mol. The van der Waals surface area contributed by atoms with E-state index in [-0.39, 0.29) is 48.6 Å². The van der Waals surface area contributed by atoms with Gasteiger partial charge in [-0.05, 0) is 62.4 Å². The lowest BCUT2D eigenvalue weighted by atomic mass is 9.65. The van der Waals surface area contributed by atoms with E-state index in [1.165, 1.54) is 0 Å². The quantitative estimate of drug-likeness (QED) is 0.275. The maximum absolute atomic E-state index is 14.9. The molecule has 3 fully saturated rings. The van der Waals surface area contributed by atoms with Crippen LogP contribution < -0.4 is 9.80 Å². The van der Waals surface area contributed by atoms with Crippen LogP contribution in [0.15, 0.2) is 79.9 Å². The summed E-state index contributed by atoms with van der Waals surface area (Å²) in [6, 6.07) is 17.1. The fraction of sp³-hybridized carbons (Fsp3) is 0.486. The minimum Gasteiger partial charge on any atom is -0.396 e. The molecular formula is C37H48N4O4S. The van der Waals surface area contributed by atoms with Gasteiger partial charge in [0.15, 0.2) is 0 Å². The number of aliphatic hydroxyl groups is 1. The Kier molecular flexibility index (Phi) is 10.6. The molecule has 0 aromatic heterocycles. The molecule has 3 aliphatic heterocycles. The molecule has 3 heterocycles. The van der Waals surface area contributed by atoms with Gasteiger partial charge in [-0.25, -0.2) is 0 Å². The number of benzene rings is 2. The van der Waals surface area contributed by atoms with Gasteiger partial charge in [0, 0.05) is 62.5 Å². The molecule has 2 aromatic rings. The van der Waals surface area contributed by atoms with E-state index in [1.807, 2.05) is 54.6 Å². The number of anilines is 2. The van der Waals surface area contributed by atoms with Gasteiger partial charge in [-0.15, -0.1) is 24.9 Å². The number of amides is 3. The number of carbonyl (C=O) groups excluding carboxylic acids is 3. The van der Waals surface area contributed by atoms with E-state index in [0.29, 0.717) is 19.5 Å². The Morgan fingerprint density at radius 3 is 2.26 bits per heavy atom. The smallest absolute Gasteiger partial charge is 0.251 e. The molecule has 1 spiro atoms. The summed E-state index contributed by atoms with van der Waals surface area (Å²) in [5.41, 5.74) is 2.84. The van der Waals surface area contributed by atoms with Crippen molar-refractivity contribution >= 4 is 40.9 Å². The zero-order valence-electron chi connectivity index (χ0n) is 27.4. The van der Waals surface area contributed by atoms with Crippen molar-refractivity contribution in [2.24, 2.45) is 17.8 Å². The van der Waals surface area contributed by atoms with Crippen LogP contribution in [0.5, 0.6) is 0 Å². The highest BCUT2D eigenvalue weighted by molar-refractivity contribution is 8.02. The standard InChI is InChI=1S/C37H48N4O4S/c1-6-20-39(25-27-14-11-10-12-15-27)34(43)31-30-24-26(5)37(46-30)32(31)35(44)41(22-13-23-42)33(37)36(45)40(21-7-2)29-18-16-28(17-19-29)38(8-3)9-4/h6-7,10-12,14-19,26,30-33,42H,1-2,8-9,13,20-25H2,3-5H3/t26?,30-,31+,32-,33?,37?/m0/s1. The van der Waals surface area contributed by atoms with Crippen molar-refractivity contribution in [2.75, 3.05) is 49.1 Å². The van der Waals surface area contributed by atoms with Crippen LogP contribution in [-0.4, -0.2) is 88.0 Å². The highest BCUT2D eigenvalue weighted by atomic mass is 32.2. The zero-order valence-corrected chi connectivity index (χ0v) is 28.2. The Bertz CT molecular complexity index is 1410. The number of thioether (sulfide) groups is 1. The molecule has 1 N–H and O–H groups in total. The van der Waals surface area contributed by atoms with Gasteiger partial charge in [0.25, 0.3) is 5.91 Å². The van der Waals surface area contributed by atoms with Crippen LogP contribution >= 0.6 is 11.8 Å². The second-order valence-electron chi connectivity index (χ2n) is 12.6. The minimum absolute atomic E-state index is 0.0474. The third-order valence-corrected chi connectivity index (χ3v) is 12.1. The highest BCUT2D eigenvalue weighted by Crippen LogP contribution is 2.69. The SMILES string of the molecule is C=CCN(Cc1ccccc1)C(=O)[C@@H]1[C@@H]2CC(C)C3(S2)C(C(=O)N(CC=C)c2ccc(N(CC)CC)cc2)N(CCCO)C(=O)[C@H]13. The number of aliphatic hydroxyl groups excluding tert-OH is 1. The molecule has 3 unspecified atom stereocenters. The maximum atomic E-state index is 14.9. The van der Waals surface area contributed by atoms with Gasteiger partial charge in [-0.3, -0.25) is 14.4 Å². The predicted octanol–water partition coefficient (Wildman–Crippen LogP) is 4.99. The number of carbonyl (C=O) groups is 3. The predicted molar refractivity (Wildman–Crippen MR) is 187 cm³/mol. The number of hydrogen-bond donors (Lipinski definition) is 1. The molecule has 9 heteroatoms. The molecule has 5 rings (SSSR count). The Balaban J connectivity index is 1.52. The van der Waals surface area contributed by atoms with Crippen molar-refractivity contribution in [1.82, 2.24) is 9.80 Å². The van der Waals surface area contributed by atoms with E-state index in [9.17, 15) is 19.5 Å². The Labute approximate surface area is 278 Å². The third-order valence-electron chi connectivity index (χ3n) is 10.1. The average molecular weight is 645 g/mol. The van der Waals surface area contributed by atoms with Gasteiger partial charge in [-0.2, -0.15) is 0 Å². The molecule has 3 amide bonds. The second-order valence-corrected chi connectivity index (χ2v) is 14.1. The minimum atomic E-state index is -0.760. The molecule has 8 nitrogen and oxygen atoms in total. The molecule has 2 bridgehead atoms. The van der Waals surface area contributed by atoms with E-state index < -0.39 is 22.6 Å². The van der Waals surface area contributed by atoms with Crippen LogP contribution in [0.3, 0.4) is 0 Å². The first-order valence-electron chi connectivity index (χ1n) is 16.6. The number of rotatable bonds is 15. The Hall–Kier alpha value is -3.56. The summed E-state index contributed by atoms with van der Waals surface area (Å²) in [5, 5.41) is 9.73. The molecule has 0 aliphatic carbocycles. The first-order chi connectivity index (χ1) is 22.3. The topological polar surface area (TPSA) is 84.4 Å². The summed E-state index contributed by atoms with van der Waals surface area (Å²) in [5.74, 6) is -1.48. The van der Waals surface area contributed by atoms with Crippen molar-refractivity contribution in [3.63, 3.8) is 0 Å². The number of nitrogens with zero attached hydrogens (tertiary/aromatic N) is 4. The average Bonchev–Trinajstić information content (AvgIpc) is 3.66. The summed E-state index contributed by atoms with van der Waals surface area (Å²) in [4.78, 5) is 51.4. The summed E-state index contributed by atoms with van der Waals surface area (Å²) < 4.78 is -0.748. The molecule has 3 saturated heterocycles. The van der Waals surface area contributed by atoms with E-state index >= 15 is 0 Å². The normalized spacial score (nSPS) is 26.1. The largest absolute Gasteiger partial charge is 0.396 e. The molecule has 3 aliphatic rings. The van der Waals surface area contributed by atoms with Crippen LogP contribution in [-0.2, 0) is 20.9 Å². The van der Waals surface area contributed by atoms with Gasteiger partial charge in [-0.1, -0.05) is 49.4 Å². The highest BCUT2D eigenvalue weighted by Gasteiger charge is 2.76. The fourth-order valence-corrected chi connectivity index (χ4v) is 10.4. The molecule has 2 aromatic carbocycles. The number of hydrogen-bond acceptors (Lipinski definition) is 6. The number of likely N-dealkylation sites (tertiary alicyclic amines) is 1. The molecule has 6 atom stereocenters.